The van der Waals surface area contributed by atoms with E-state index in [1.165, 1.54) is 5.56 Å². The van der Waals surface area contributed by atoms with Crippen LogP contribution in [0.2, 0.25) is 5.02 Å². The third-order valence-electron chi connectivity index (χ3n) is 4.82. The Balaban J connectivity index is 2.27. The molecule has 0 radical (unpaired) electrons. The number of benzene rings is 2. The largest absolute Gasteiger partial charge is 0.352 e. The maximum Gasteiger partial charge on any atom is 0.242 e. The minimum absolute atomic E-state index is 0.00645. The van der Waals surface area contributed by atoms with Gasteiger partial charge in [0.1, 0.15) is 6.04 Å². The molecule has 2 aromatic rings. The number of hydrogen-bond acceptors (Lipinski definition) is 2. The molecule has 1 atom stereocenters. The van der Waals surface area contributed by atoms with Gasteiger partial charge in [0.15, 0.2) is 0 Å². The lowest BCUT2D eigenvalue weighted by Gasteiger charge is -2.30. The van der Waals surface area contributed by atoms with E-state index in [0.717, 1.165) is 16.7 Å². The van der Waals surface area contributed by atoms with Crippen LogP contribution in [0.15, 0.2) is 42.5 Å². The minimum Gasteiger partial charge on any atom is -0.352 e. The molecular formula is C23H29ClN2O2. The summed E-state index contributed by atoms with van der Waals surface area (Å²) in [5, 5.41) is 3.48. The van der Waals surface area contributed by atoms with Crippen LogP contribution in [0, 0.1) is 13.8 Å². The first-order valence-corrected chi connectivity index (χ1v) is 9.96. The molecule has 150 valence electrons. The number of carbonyl (C=O) groups is 2. The zero-order chi connectivity index (χ0) is 20.8. The zero-order valence-corrected chi connectivity index (χ0v) is 18.0. The summed E-state index contributed by atoms with van der Waals surface area (Å²) in [6, 6.07) is 12.8. The maximum atomic E-state index is 13.2. The molecule has 0 saturated carbocycles. The van der Waals surface area contributed by atoms with Crippen molar-refractivity contribution >= 4 is 23.4 Å². The van der Waals surface area contributed by atoms with Crippen LogP contribution in [-0.2, 0) is 22.6 Å². The predicted octanol–water partition coefficient (Wildman–Crippen LogP) is 4.44. The fourth-order valence-corrected chi connectivity index (χ4v) is 3.18. The molecule has 0 saturated heterocycles. The van der Waals surface area contributed by atoms with Crippen LogP contribution in [0.3, 0.4) is 0 Å². The molecule has 1 unspecified atom stereocenters. The molecule has 0 bridgehead atoms. The van der Waals surface area contributed by atoms with Crippen molar-refractivity contribution in [2.75, 3.05) is 0 Å². The van der Waals surface area contributed by atoms with Crippen LogP contribution < -0.4 is 5.32 Å². The second-order valence-electron chi connectivity index (χ2n) is 7.55. The molecule has 5 heteroatoms. The van der Waals surface area contributed by atoms with E-state index in [-0.39, 0.29) is 30.8 Å². The summed E-state index contributed by atoms with van der Waals surface area (Å²) in [6.07, 6.45) is 0.241. The summed E-state index contributed by atoms with van der Waals surface area (Å²) >= 11 is 6.30. The van der Waals surface area contributed by atoms with E-state index in [0.29, 0.717) is 5.02 Å². The molecule has 0 aliphatic rings. The molecule has 2 amide bonds. The van der Waals surface area contributed by atoms with E-state index in [1.807, 2.05) is 64.1 Å². The van der Waals surface area contributed by atoms with Gasteiger partial charge in [-0.15, -0.1) is 0 Å². The van der Waals surface area contributed by atoms with Gasteiger partial charge in [-0.2, -0.15) is 0 Å². The Morgan fingerprint density at radius 3 is 2.32 bits per heavy atom. The lowest BCUT2D eigenvalue weighted by atomic mass is 10.0. The molecular weight excluding hydrogens is 372 g/mol. The van der Waals surface area contributed by atoms with Gasteiger partial charge in [0.25, 0.3) is 0 Å². The number of hydrogen-bond donors (Lipinski definition) is 1. The maximum absolute atomic E-state index is 13.2. The highest BCUT2D eigenvalue weighted by Gasteiger charge is 2.27. The molecule has 28 heavy (non-hydrogen) atoms. The Kier molecular flexibility index (Phi) is 7.64. The van der Waals surface area contributed by atoms with Crippen LogP contribution >= 0.6 is 11.6 Å². The molecule has 2 rings (SSSR count). The van der Waals surface area contributed by atoms with Gasteiger partial charge in [0.05, 0.1) is 6.42 Å². The predicted molar refractivity (Wildman–Crippen MR) is 114 cm³/mol. The highest BCUT2D eigenvalue weighted by Crippen LogP contribution is 2.20. The number of halogens is 1. The van der Waals surface area contributed by atoms with Gasteiger partial charge < -0.3 is 10.2 Å². The fraction of sp³-hybridized carbons (Fsp3) is 0.391. The number of carbonyl (C=O) groups excluding carboxylic acids is 2. The monoisotopic (exact) mass is 400 g/mol. The zero-order valence-electron chi connectivity index (χ0n) is 17.3. The molecule has 1 N–H and O–H groups in total. The third-order valence-corrected chi connectivity index (χ3v) is 5.19. The number of aryl methyl sites for hydroxylation is 2. The number of amides is 2. The average molecular weight is 401 g/mol. The van der Waals surface area contributed by atoms with Gasteiger partial charge in [0, 0.05) is 17.6 Å². The standard InChI is InChI=1S/C23H29ClN2O2/c1-15(2)25-23(28)18(5)26(14-20-8-6-7-9-21(20)24)22(27)13-19-11-10-16(3)17(4)12-19/h6-12,15,18H,13-14H2,1-5H3,(H,25,28). The van der Waals surface area contributed by atoms with Gasteiger partial charge in [-0.1, -0.05) is 48.0 Å². The SMILES string of the molecule is Cc1ccc(CC(=O)N(Cc2ccccc2Cl)C(C)C(=O)NC(C)C)cc1C. The highest BCUT2D eigenvalue weighted by molar-refractivity contribution is 6.31. The quantitative estimate of drug-likeness (QED) is 0.746. The van der Waals surface area contributed by atoms with Crippen molar-refractivity contribution in [2.24, 2.45) is 0 Å². The smallest absolute Gasteiger partial charge is 0.242 e. The van der Waals surface area contributed by atoms with E-state index in [9.17, 15) is 9.59 Å². The Bertz CT molecular complexity index is 848. The molecule has 4 nitrogen and oxygen atoms in total. The van der Waals surface area contributed by atoms with Gasteiger partial charge in [0.2, 0.25) is 11.8 Å². The Morgan fingerprint density at radius 2 is 1.71 bits per heavy atom. The first-order valence-electron chi connectivity index (χ1n) is 9.58. The van der Waals surface area contributed by atoms with E-state index in [2.05, 4.69) is 5.32 Å². The minimum atomic E-state index is -0.599. The number of nitrogens with zero attached hydrogens (tertiary/aromatic N) is 1. The highest BCUT2D eigenvalue weighted by atomic mass is 35.5. The van der Waals surface area contributed by atoms with Crippen molar-refractivity contribution in [1.82, 2.24) is 10.2 Å². The first kappa shape index (κ1) is 22.0. The molecule has 0 aliphatic carbocycles. The van der Waals surface area contributed by atoms with Gasteiger partial charge >= 0.3 is 0 Å². The van der Waals surface area contributed by atoms with Crippen molar-refractivity contribution in [3.05, 3.63) is 69.7 Å². The van der Waals surface area contributed by atoms with Crippen molar-refractivity contribution in [3.63, 3.8) is 0 Å². The topological polar surface area (TPSA) is 49.4 Å². The molecule has 0 aliphatic heterocycles. The second-order valence-corrected chi connectivity index (χ2v) is 7.95. The van der Waals surface area contributed by atoms with Crippen LogP contribution in [0.25, 0.3) is 0 Å². The van der Waals surface area contributed by atoms with Crippen LogP contribution in [0.4, 0.5) is 0 Å². The summed E-state index contributed by atoms with van der Waals surface area (Å²) < 4.78 is 0. The summed E-state index contributed by atoms with van der Waals surface area (Å²) in [4.78, 5) is 27.4. The molecule has 0 aromatic heterocycles. The van der Waals surface area contributed by atoms with Gasteiger partial charge in [-0.25, -0.2) is 0 Å². The molecule has 0 heterocycles. The van der Waals surface area contributed by atoms with E-state index in [4.69, 9.17) is 11.6 Å². The van der Waals surface area contributed by atoms with Crippen molar-refractivity contribution in [1.29, 1.82) is 0 Å². The van der Waals surface area contributed by atoms with Crippen LogP contribution in [-0.4, -0.2) is 28.8 Å². The third kappa shape index (κ3) is 5.83. The lowest BCUT2D eigenvalue weighted by molar-refractivity contribution is -0.140. The van der Waals surface area contributed by atoms with Crippen LogP contribution in [0.1, 0.15) is 43.0 Å². The van der Waals surface area contributed by atoms with Crippen molar-refractivity contribution in [3.8, 4) is 0 Å². The molecule has 2 aromatic carbocycles. The van der Waals surface area contributed by atoms with E-state index < -0.39 is 6.04 Å². The van der Waals surface area contributed by atoms with Gasteiger partial charge in [-0.3, -0.25) is 9.59 Å². The Hall–Kier alpha value is -2.33. The normalized spacial score (nSPS) is 12.0. The fourth-order valence-electron chi connectivity index (χ4n) is 2.99. The average Bonchev–Trinajstić information content (AvgIpc) is 2.63. The van der Waals surface area contributed by atoms with E-state index in [1.54, 1.807) is 17.9 Å². The van der Waals surface area contributed by atoms with Crippen molar-refractivity contribution in [2.45, 2.75) is 59.7 Å². The van der Waals surface area contributed by atoms with Crippen LogP contribution in [0.5, 0.6) is 0 Å². The second kappa shape index (κ2) is 9.74. The molecule has 0 fully saturated rings. The van der Waals surface area contributed by atoms with E-state index >= 15 is 0 Å². The number of nitrogens with one attached hydrogen (secondary N) is 1. The summed E-state index contributed by atoms with van der Waals surface area (Å²) in [5.41, 5.74) is 4.10. The Labute approximate surface area is 172 Å². The number of rotatable bonds is 7. The Morgan fingerprint density at radius 1 is 1.04 bits per heavy atom. The summed E-state index contributed by atoms with van der Waals surface area (Å²) in [5.74, 6) is -0.273. The first-order chi connectivity index (χ1) is 13.2. The lowest BCUT2D eigenvalue weighted by Crippen LogP contribution is -2.49. The van der Waals surface area contributed by atoms with Gasteiger partial charge in [-0.05, 0) is 62.9 Å². The summed E-state index contributed by atoms with van der Waals surface area (Å²) in [7, 11) is 0. The molecule has 0 spiro atoms. The van der Waals surface area contributed by atoms with Crippen molar-refractivity contribution < 1.29 is 9.59 Å². The summed E-state index contributed by atoms with van der Waals surface area (Å²) in [6.45, 7) is 9.93.